The van der Waals surface area contributed by atoms with Crippen LogP contribution in [0.4, 0.5) is 34.1 Å². The molecule has 6 heterocycles. The van der Waals surface area contributed by atoms with Crippen LogP contribution in [-0.4, -0.2) is 13.7 Å². The van der Waals surface area contributed by atoms with Crippen LogP contribution in [0.5, 0.6) is 0 Å². The number of aromatic nitrogens is 3. The highest BCUT2D eigenvalue weighted by atomic mass is 32.1. The second kappa shape index (κ2) is 26.8. The fourth-order valence-electron chi connectivity index (χ4n) is 18.8. The Morgan fingerprint density at radius 1 is 0.328 bits per heavy atom. The molecular weight excluding hydrogens is 1460 g/mol. The average Bonchev–Trinajstić information content (AvgIpc) is 1.16. The summed E-state index contributed by atoms with van der Waals surface area (Å²) in [7, 11) is 0. The van der Waals surface area contributed by atoms with Crippen LogP contribution in [0.3, 0.4) is 0 Å². The maximum atomic E-state index is 11.1. The summed E-state index contributed by atoms with van der Waals surface area (Å²) in [6, 6.07) is 90.1. The van der Waals surface area contributed by atoms with Crippen molar-refractivity contribution in [1.29, 1.82) is 5.26 Å². The lowest BCUT2D eigenvalue weighted by Gasteiger charge is -2.47. The van der Waals surface area contributed by atoms with Crippen molar-refractivity contribution in [3.05, 3.63) is 403 Å². The molecule has 0 N–H and O–H groups in total. The number of anilines is 6. The molecule has 564 valence electrons. The third kappa shape index (κ3) is 10.8. The molecule has 1 atom stereocenters. The number of fused-ring (bicyclic) bond motifs is 16. The van der Waals surface area contributed by atoms with Gasteiger partial charge in [0.05, 0.1) is 105 Å². The van der Waals surface area contributed by atoms with E-state index >= 15 is 0 Å². The van der Waals surface area contributed by atoms with Crippen molar-refractivity contribution in [2.75, 3.05) is 9.80 Å². The quantitative estimate of drug-likeness (QED) is 0.137. The van der Waals surface area contributed by atoms with Crippen molar-refractivity contribution in [3.8, 4) is 78.8 Å². The summed E-state index contributed by atoms with van der Waals surface area (Å²) in [4.78, 5) is 4.62. The molecule has 23 rings (SSSR count). The van der Waals surface area contributed by atoms with Crippen LogP contribution in [0, 0.1) is 11.3 Å². The van der Waals surface area contributed by atoms with E-state index in [4.69, 9.17) is 0 Å². The minimum atomic E-state index is -0.892. The molecule has 0 saturated carbocycles. The van der Waals surface area contributed by atoms with Gasteiger partial charge in [0.1, 0.15) is 0 Å². The number of rotatable bonds is 10. The van der Waals surface area contributed by atoms with Crippen molar-refractivity contribution in [3.63, 3.8) is 0 Å². The van der Waals surface area contributed by atoms with Gasteiger partial charge in [-0.15, -0.1) is 11.3 Å². The topological polar surface area (TPSA) is 45.1 Å². The summed E-state index contributed by atoms with van der Waals surface area (Å²) >= 11 is 1.65. The molecule has 0 fully saturated rings. The van der Waals surface area contributed by atoms with Crippen molar-refractivity contribution in [2.45, 2.75) is 58.3 Å². The molecule has 2 aliphatic rings. The Kier molecular flexibility index (Phi) is 12.6. The summed E-state index contributed by atoms with van der Waals surface area (Å²) in [5, 5.41) is 14.3. The van der Waals surface area contributed by atoms with E-state index in [-0.39, 0.29) is 65.8 Å². The maximum Gasteiger partial charge on any atom is 0.0991 e. The van der Waals surface area contributed by atoms with Gasteiger partial charge in [-0.05, 0) is 176 Å². The molecule has 4 aromatic heterocycles. The van der Waals surface area contributed by atoms with Crippen LogP contribution in [0.1, 0.15) is 101 Å². The number of para-hydroxylation sites is 5. The van der Waals surface area contributed by atoms with Crippen molar-refractivity contribution >= 4 is 131 Å². The molecular formula is C112H80N6S. The summed E-state index contributed by atoms with van der Waals surface area (Å²) in [5.41, 5.74) is 17.9. The van der Waals surface area contributed by atoms with E-state index in [1.54, 1.807) is 20.5 Å². The lowest BCUT2D eigenvalue weighted by molar-refractivity contribution is 0.569. The van der Waals surface area contributed by atoms with Crippen LogP contribution in [0.25, 0.3) is 158 Å². The molecule has 6 nitrogen and oxygen atoms in total. The molecule has 21 aromatic rings. The number of nitrogens with zero attached hydrogens (tertiary/aromatic N) is 6. The largest absolute Gasteiger partial charge is 0.309 e. The zero-order chi connectivity index (χ0) is 92.7. The zero-order valence-electron chi connectivity index (χ0n) is 80.7. The normalized spacial score (nSPS) is 15.1. The minimum Gasteiger partial charge on any atom is -0.309 e. The number of benzene rings is 17. The van der Waals surface area contributed by atoms with Gasteiger partial charge in [-0.1, -0.05) is 302 Å². The van der Waals surface area contributed by atoms with Crippen molar-refractivity contribution < 1.29 is 20.6 Å². The van der Waals surface area contributed by atoms with E-state index in [0.717, 1.165) is 126 Å². The first-order valence-electron chi connectivity index (χ1n) is 47.6. The van der Waals surface area contributed by atoms with Gasteiger partial charge >= 0.3 is 0 Å². The van der Waals surface area contributed by atoms with Crippen molar-refractivity contribution in [1.82, 2.24) is 13.7 Å². The third-order valence-corrected chi connectivity index (χ3v) is 25.3. The Bertz CT molecular complexity index is 8680. The predicted molar refractivity (Wildman–Crippen MR) is 502 cm³/mol. The van der Waals surface area contributed by atoms with Gasteiger partial charge in [0, 0.05) is 97.6 Å². The van der Waals surface area contributed by atoms with Gasteiger partial charge in [-0.3, -0.25) is 0 Å². The van der Waals surface area contributed by atoms with E-state index in [1.165, 1.54) is 0 Å². The van der Waals surface area contributed by atoms with Crippen LogP contribution in [-0.2, 0) is 10.8 Å². The van der Waals surface area contributed by atoms with Gasteiger partial charge in [0.15, 0.2) is 0 Å². The molecule has 119 heavy (non-hydrogen) atoms. The predicted octanol–water partition coefficient (Wildman–Crippen LogP) is 30.9. The highest BCUT2D eigenvalue weighted by Gasteiger charge is 2.45. The first-order valence-corrected chi connectivity index (χ1v) is 40.9. The Morgan fingerprint density at radius 2 is 0.815 bits per heavy atom. The summed E-state index contributed by atoms with van der Waals surface area (Å²) < 4.78 is 155. The van der Waals surface area contributed by atoms with Gasteiger partial charge < -0.3 is 23.5 Å². The Morgan fingerprint density at radius 3 is 1.41 bits per heavy atom. The van der Waals surface area contributed by atoms with Gasteiger partial charge in [-0.2, -0.15) is 5.26 Å². The van der Waals surface area contributed by atoms with Crippen LogP contribution in [0.2, 0.25) is 0 Å². The van der Waals surface area contributed by atoms with Gasteiger partial charge in [0.25, 0.3) is 0 Å². The number of thiophene rings is 1. The summed E-state index contributed by atoms with van der Waals surface area (Å²) in [5.74, 6) is -0.892. The minimum absolute atomic E-state index is 0.0988. The summed E-state index contributed by atoms with van der Waals surface area (Å²) in [6.45, 7) is 13.4. The zero-order valence-corrected chi connectivity index (χ0v) is 66.5. The Hall–Kier alpha value is -14.6. The fourth-order valence-corrected chi connectivity index (χ4v) is 20.0. The van der Waals surface area contributed by atoms with Gasteiger partial charge in [0.2, 0.25) is 0 Å². The monoisotopic (exact) mass is 1560 g/mol. The van der Waals surface area contributed by atoms with E-state index < -0.39 is 102 Å². The standard InChI is InChI=1S/C112H80N6S/c1-111(2,3)76-59-75(60-77(62-76)112(4,5)6)74-53-57-96-90(61-74)105-85-55-54-79(115-91-47-27-22-42-81(91)82-43-23-28-48-92(82)115)63-97(85)118(110-88(71-34-14-8-15-35-71)67-102-107(86-46-26-31-51-101(86)119-102)104(110)73-38-18-10-19-39-73)99-65-80(116-93-49-29-24-44-83(93)89-58-69(68-113)52-56-95(89)116)64-98(108(99)105)117(96)109-87(70-32-12-7-13-33-70)66-100-106(103(109)72-36-16-9-17-37-72)84-45-25-30-50-94(84)114(100)78-40-20-11-21-41-78/h7-67,105H,1-6H3/i22D,23D,24D,27D,28D,29D,42D,43D,44D,47D,48D,49D,52D,56D,58D. The number of hydrogen-bond acceptors (Lipinski definition) is 4. The number of hydrogen-bond donors (Lipinski definition) is 0. The van der Waals surface area contributed by atoms with E-state index in [9.17, 15) is 25.8 Å². The molecule has 7 heteroatoms. The molecule has 0 saturated heterocycles. The van der Waals surface area contributed by atoms with Crippen LogP contribution in [0.15, 0.2) is 370 Å². The lowest BCUT2D eigenvalue weighted by Crippen LogP contribution is -2.30. The average molecular weight is 1560 g/mol. The van der Waals surface area contributed by atoms with E-state index in [2.05, 4.69) is 214 Å². The molecule has 0 radical (unpaired) electrons. The molecule has 17 aromatic carbocycles. The maximum absolute atomic E-state index is 11.1. The highest BCUT2D eigenvalue weighted by molar-refractivity contribution is 7.26. The molecule has 0 amide bonds. The summed E-state index contributed by atoms with van der Waals surface area (Å²) in [6.07, 6.45) is 0. The van der Waals surface area contributed by atoms with Gasteiger partial charge in [-0.25, -0.2) is 0 Å². The molecule has 0 aliphatic carbocycles. The van der Waals surface area contributed by atoms with Crippen molar-refractivity contribution in [2.24, 2.45) is 0 Å². The highest BCUT2D eigenvalue weighted by Crippen LogP contribution is 2.67. The smallest absolute Gasteiger partial charge is 0.0991 e. The first-order chi connectivity index (χ1) is 64.5. The fraction of sp³-hybridized carbons (Fsp3) is 0.0804. The second-order valence-corrected chi connectivity index (χ2v) is 34.1. The lowest BCUT2D eigenvalue weighted by atomic mass is 9.73. The Balaban J connectivity index is 0.999. The molecule has 0 bridgehead atoms. The van der Waals surface area contributed by atoms with Crippen LogP contribution >= 0.6 is 11.3 Å². The second-order valence-electron chi connectivity index (χ2n) is 33.1. The van der Waals surface area contributed by atoms with Crippen LogP contribution < -0.4 is 9.80 Å². The first kappa shape index (κ1) is 55.9. The van der Waals surface area contributed by atoms with E-state index in [0.29, 0.717) is 39.6 Å². The molecule has 1 unspecified atom stereocenters. The molecule has 0 spiro atoms. The SMILES string of the molecule is [2H]c1c([2H])c([2H])c2c(c1[2H])c1c([2H])c([2H])c([2H])c([2H])c1n2-c1ccc2c(c1)N(c1c(-c3ccccc3)cc3sc4ccccc4c3c1-c1ccccc1)c1cc(-n3c4c([2H])c([2H])c([2H])c([2H])c4c4c([2H])c(C#N)c([2H])c([2H])c43)cc3c1C2c1cc(-c2cc(C(C)(C)C)cc(C(C)(C)C)c2)ccc1N3c1c(-c2ccccc2)cc2c(c1-c1ccccc1)c1ccccc1n2-c1ccccc1. The molecule has 2 aliphatic heterocycles. The van der Waals surface area contributed by atoms with E-state index in [1.807, 2.05) is 127 Å². The third-order valence-electron chi connectivity index (χ3n) is 24.2. The Labute approximate surface area is 716 Å². The number of nitriles is 1.